The topological polar surface area (TPSA) is 99.4 Å². The molecule has 0 bridgehead atoms. The maximum absolute atomic E-state index is 10.8. The molecule has 0 saturated carbocycles. The number of hydrogen-bond acceptors (Lipinski definition) is 6. The third-order valence-corrected chi connectivity index (χ3v) is 3.90. The second kappa shape index (κ2) is 11.2. The van der Waals surface area contributed by atoms with Crippen molar-refractivity contribution in [1.29, 1.82) is 0 Å². The predicted octanol–water partition coefficient (Wildman–Crippen LogP) is 2.87. The number of aliphatic carboxylic acids is 1. The van der Waals surface area contributed by atoms with Gasteiger partial charge in [-0.05, 0) is 31.4 Å². The number of carbonyl (C=O) groups is 1. The standard InChI is InChI=1S/C18H26N4O4/c1-2-16(18(23)24)26-11-7-5-3-4-6-10-25-15-8-9-17(20-12-15)22-14-19-13-21-22/h8-9,12-14,16H,2-7,10-11H2,1H3,(H,23,24). The zero-order valence-electron chi connectivity index (χ0n) is 15.1. The van der Waals surface area contributed by atoms with Gasteiger partial charge in [0, 0.05) is 6.61 Å². The van der Waals surface area contributed by atoms with Gasteiger partial charge in [-0.1, -0.05) is 26.2 Å². The van der Waals surface area contributed by atoms with E-state index in [0.29, 0.717) is 25.5 Å². The van der Waals surface area contributed by atoms with Gasteiger partial charge in [0.1, 0.15) is 18.4 Å². The highest BCUT2D eigenvalue weighted by molar-refractivity contribution is 5.72. The molecule has 2 heterocycles. The van der Waals surface area contributed by atoms with Gasteiger partial charge in [0.2, 0.25) is 0 Å². The minimum Gasteiger partial charge on any atom is -0.492 e. The van der Waals surface area contributed by atoms with Gasteiger partial charge in [0.05, 0.1) is 12.8 Å². The van der Waals surface area contributed by atoms with E-state index in [1.165, 1.54) is 6.33 Å². The fourth-order valence-electron chi connectivity index (χ4n) is 2.43. The summed E-state index contributed by atoms with van der Waals surface area (Å²) in [6.07, 6.45) is 9.61. The van der Waals surface area contributed by atoms with Gasteiger partial charge in [0.25, 0.3) is 0 Å². The summed E-state index contributed by atoms with van der Waals surface area (Å²) in [7, 11) is 0. The molecule has 0 spiro atoms. The highest BCUT2D eigenvalue weighted by Crippen LogP contribution is 2.12. The lowest BCUT2D eigenvalue weighted by Crippen LogP contribution is -2.23. The van der Waals surface area contributed by atoms with Crippen LogP contribution >= 0.6 is 0 Å². The van der Waals surface area contributed by atoms with Crippen LogP contribution in [-0.4, -0.2) is 50.1 Å². The Hall–Kier alpha value is -2.48. The van der Waals surface area contributed by atoms with Crippen LogP contribution in [0.5, 0.6) is 5.75 Å². The van der Waals surface area contributed by atoms with Crippen LogP contribution in [0.2, 0.25) is 0 Å². The summed E-state index contributed by atoms with van der Waals surface area (Å²) in [4.78, 5) is 19.0. The SMILES string of the molecule is CCC(OCCCCCCCOc1ccc(-n2cncn2)nc1)C(=O)O. The number of pyridine rings is 1. The van der Waals surface area contributed by atoms with Gasteiger partial charge < -0.3 is 14.6 Å². The van der Waals surface area contributed by atoms with Crippen LogP contribution in [0.4, 0.5) is 0 Å². The number of ether oxygens (including phenoxy) is 2. The number of carboxylic acid groups (broad SMARTS) is 1. The molecule has 2 aromatic rings. The Labute approximate surface area is 153 Å². The van der Waals surface area contributed by atoms with Crippen molar-refractivity contribution in [2.45, 2.75) is 51.6 Å². The van der Waals surface area contributed by atoms with Crippen molar-refractivity contribution in [2.24, 2.45) is 0 Å². The summed E-state index contributed by atoms with van der Waals surface area (Å²) < 4.78 is 12.6. The van der Waals surface area contributed by atoms with Gasteiger partial charge in [-0.25, -0.2) is 19.4 Å². The minimum absolute atomic E-state index is 0.501. The van der Waals surface area contributed by atoms with Gasteiger partial charge in [-0.2, -0.15) is 5.10 Å². The number of nitrogens with zero attached hydrogens (tertiary/aromatic N) is 4. The summed E-state index contributed by atoms with van der Waals surface area (Å²) in [5.41, 5.74) is 0. The molecule has 1 atom stereocenters. The van der Waals surface area contributed by atoms with Crippen LogP contribution in [0.3, 0.4) is 0 Å². The van der Waals surface area contributed by atoms with Crippen LogP contribution in [0.25, 0.3) is 5.82 Å². The highest BCUT2D eigenvalue weighted by atomic mass is 16.5. The van der Waals surface area contributed by atoms with Crippen LogP contribution < -0.4 is 4.74 Å². The molecule has 1 unspecified atom stereocenters. The van der Waals surface area contributed by atoms with E-state index >= 15 is 0 Å². The van der Waals surface area contributed by atoms with E-state index in [4.69, 9.17) is 14.6 Å². The Morgan fingerprint density at radius 1 is 1.19 bits per heavy atom. The van der Waals surface area contributed by atoms with E-state index in [0.717, 1.165) is 37.9 Å². The number of hydrogen-bond donors (Lipinski definition) is 1. The second-order valence-electron chi connectivity index (χ2n) is 5.91. The van der Waals surface area contributed by atoms with Gasteiger partial charge in [-0.15, -0.1) is 0 Å². The molecule has 2 aromatic heterocycles. The monoisotopic (exact) mass is 362 g/mol. The normalized spacial score (nSPS) is 12.0. The quantitative estimate of drug-likeness (QED) is 0.547. The van der Waals surface area contributed by atoms with Crippen LogP contribution in [0.15, 0.2) is 31.0 Å². The van der Waals surface area contributed by atoms with Gasteiger partial charge in [-0.3, -0.25) is 0 Å². The molecule has 0 fully saturated rings. The summed E-state index contributed by atoms with van der Waals surface area (Å²) in [5.74, 6) is 0.556. The first-order chi connectivity index (χ1) is 12.7. The average molecular weight is 362 g/mol. The lowest BCUT2D eigenvalue weighted by molar-refractivity contribution is -0.150. The van der Waals surface area contributed by atoms with E-state index < -0.39 is 12.1 Å². The molecule has 0 amide bonds. The first-order valence-corrected chi connectivity index (χ1v) is 8.99. The zero-order chi connectivity index (χ0) is 18.6. The van der Waals surface area contributed by atoms with Crippen molar-refractivity contribution in [2.75, 3.05) is 13.2 Å². The summed E-state index contributed by atoms with van der Waals surface area (Å²) >= 11 is 0. The van der Waals surface area contributed by atoms with Crippen molar-refractivity contribution in [1.82, 2.24) is 19.7 Å². The third kappa shape index (κ3) is 6.79. The number of carboxylic acids is 1. The van der Waals surface area contributed by atoms with Crippen molar-refractivity contribution >= 4 is 5.97 Å². The van der Waals surface area contributed by atoms with Crippen LogP contribution in [0.1, 0.15) is 45.4 Å². The van der Waals surface area contributed by atoms with Crippen molar-refractivity contribution in [3.8, 4) is 11.6 Å². The molecule has 0 aromatic carbocycles. The van der Waals surface area contributed by atoms with E-state index in [2.05, 4.69) is 15.1 Å². The summed E-state index contributed by atoms with van der Waals surface area (Å²) in [6, 6.07) is 3.71. The second-order valence-corrected chi connectivity index (χ2v) is 5.91. The highest BCUT2D eigenvalue weighted by Gasteiger charge is 2.14. The minimum atomic E-state index is -0.881. The molecule has 0 saturated heterocycles. The Kier molecular flexibility index (Phi) is 8.54. The van der Waals surface area contributed by atoms with E-state index in [9.17, 15) is 4.79 Å². The van der Waals surface area contributed by atoms with E-state index in [-0.39, 0.29) is 0 Å². The third-order valence-electron chi connectivity index (χ3n) is 3.90. The molecule has 2 rings (SSSR count). The maximum Gasteiger partial charge on any atom is 0.332 e. The number of rotatable bonds is 13. The molecule has 0 aliphatic rings. The predicted molar refractivity (Wildman–Crippen MR) is 95.4 cm³/mol. The van der Waals surface area contributed by atoms with Crippen LogP contribution in [0, 0.1) is 0 Å². The lowest BCUT2D eigenvalue weighted by atomic mass is 10.1. The molecule has 0 aliphatic heterocycles. The number of unbranched alkanes of at least 4 members (excludes halogenated alkanes) is 4. The molecule has 0 radical (unpaired) electrons. The Morgan fingerprint density at radius 3 is 2.58 bits per heavy atom. The fourth-order valence-corrected chi connectivity index (χ4v) is 2.43. The molecule has 1 N–H and O–H groups in total. The Morgan fingerprint density at radius 2 is 1.96 bits per heavy atom. The Bertz CT molecular complexity index is 631. The molecule has 142 valence electrons. The van der Waals surface area contributed by atoms with Crippen molar-refractivity contribution in [3.05, 3.63) is 31.0 Å². The van der Waals surface area contributed by atoms with E-state index in [1.807, 2.05) is 19.1 Å². The first-order valence-electron chi connectivity index (χ1n) is 8.99. The lowest BCUT2D eigenvalue weighted by Gasteiger charge is -2.11. The largest absolute Gasteiger partial charge is 0.492 e. The molecular formula is C18H26N4O4. The molecular weight excluding hydrogens is 336 g/mol. The molecule has 26 heavy (non-hydrogen) atoms. The fraction of sp³-hybridized carbons (Fsp3) is 0.556. The summed E-state index contributed by atoms with van der Waals surface area (Å²) in [6.45, 7) is 2.97. The average Bonchev–Trinajstić information content (AvgIpc) is 3.18. The zero-order valence-corrected chi connectivity index (χ0v) is 15.1. The molecule has 8 heteroatoms. The Balaban J connectivity index is 1.50. The first kappa shape index (κ1) is 19.8. The smallest absolute Gasteiger partial charge is 0.332 e. The van der Waals surface area contributed by atoms with Crippen molar-refractivity contribution < 1.29 is 19.4 Å². The maximum atomic E-state index is 10.8. The van der Waals surface area contributed by atoms with Crippen molar-refractivity contribution in [3.63, 3.8) is 0 Å². The van der Waals surface area contributed by atoms with Gasteiger partial charge in [0.15, 0.2) is 11.9 Å². The summed E-state index contributed by atoms with van der Waals surface area (Å²) in [5, 5.41) is 12.9. The van der Waals surface area contributed by atoms with Crippen LogP contribution in [-0.2, 0) is 9.53 Å². The van der Waals surface area contributed by atoms with Gasteiger partial charge >= 0.3 is 5.97 Å². The number of aromatic nitrogens is 4. The van der Waals surface area contributed by atoms with E-state index in [1.54, 1.807) is 17.2 Å². The molecule has 8 nitrogen and oxygen atoms in total. The molecule has 0 aliphatic carbocycles.